The Morgan fingerprint density at radius 1 is 1.24 bits per heavy atom. The molecule has 0 amide bonds. The van der Waals surface area contributed by atoms with Crippen LogP contribution in [0.25, 0.3) is 0 Å². The van der Waals surface area contributed by atoms with E-state index < -0.39 is 0 Å². The molecule has 1 aliphatic carbocycles. The molecule has 0 aromatic rings. The minimum atomic E-state index is 0.852. The van der Waals surface area contributed by atoms with Crippen molar-refractivity contribution in [2.45, 2.75) is 52.9 Å². The van der Waals surface area contributed by atoms with Crippen molar-refractivity contribution in [2.75, 3.05) is 13.6 Å². The largest absolute Gasteiger partial charge is 0.319 e. The van der Waals surface area contributed by atoms with E-state index in [1.165, 1.54) is 32.2 Å². The zero-order valence-corrected chi connectivity index (χ0v) is 12.1. The number of hydrogen-bond acceptors (Lipinski definition) is 1. The average molecular weight is 235 g/mol. The molecule has 17 heavy (non-hydrogen) atoms. The van der Waals surface area contributed by atoms with E-state index in [-0.39, 0.29) is 0 Å². The molecule has 0 radical (unpaired) electrons. The van der Waals surface area contributed by atoms with Gasteiger partial charge in [-0.2, -0.15) is 0 Å². The van der Waals surface area contributed by atoms with Gasteiger partial charge in [-0.3, -0.25) is 0 Å². The highest BCUT2D eigenvalue weighted by Crippen LogP contribution is 2.39. The second kappa shape index (κ2) is 7.77. The fraction of sp³-hybridized carbons (Fsp3) is 0.875. The topological polar surface area (TPSA) is 12.0 Å². The van der Waals surface area contributed by atoms with Gasteiger partial charge in [0.1, 0.15) is 0 Å². The van der Waals surface area contributed by atoms with Crippen LogP contribution < -0.4 is 5.32 Å². The zero-order valence-electron chi connectivity index (χ0n) is 12.1. The van der Waals surface area contributed by atoms with Crippen molar-refractivity contribution in [2.24, 2.45) is 23.7 Å². The molecular weight excluding hydrogens is 206 g/mol. The summed E-state index contributed by atoms with van der Waals surface area (Å²) in [5.41, 5.74) is 0. The summed E-state index contributed by atoms with van der Waals surface area (Å²) in [5.74, 6) is 9.83. The van der Waals surface area contributed by atoms with E-state index in [0.29, 0.717) is 0 Å². The lowest BCUT2D eigenvalue weighted by atomic mass is 9.69. The lowest BCUT2D eigenvalue weighted by molar-refractivity contribution is 0.140. The molecule has 1 N–H and O–H groups in total. The predicted molar refractivity (Wildman–Crippen MR) is 75.8 cm³/mol. The maximum Gasteiger partial charge on any atom is 0.00913 e. The Bertz CT molecular complexity index is 258. The Balaban J connectivity index is 2.51. The van der Waals surface area contributed by atoms with Crippen LogP contribution in [0.5, 0.6) is 0 Å². The van der Waals surface area contributed by atoms with Gasteiger partial charge in [-0.15, -0.1) is 11.8 Å². The summed E-state index contributed by atoms with van der Waals surface area (Å²) < 4.78 is 0. The van der Waals surface area contributed by atoms with Gasteiger partial charge in [0, 0.05) is 6.42 Å². The first-order chi connectivity index (χ1) is 8.19. The van der Waals surface area contributed by atoms with Crippen molar-refractivity contribution >= 4 is 0 Å². The third-order valence-electron chi connectivity index (χ3n) is 4.41. The second-order valence-electron chi connectivity index (χ2n) is 5.86. The summed E-state index contributed by atoms with van der Waals surface area (Å²) in [4.78, 5) is 0. The first kappa shape index (κ1) is 14.6. The second-order valence-corrected chi connectivity index (χ2v) is 5.86. The molecule has 0 aromatic heterocycles. The molecule has 0 spiro atoms. The molecule has 1 heteroatoms. The summed E-state index contributed by atoms with van der Waals surface area (Å²) in [6.45, 7) is 7.90. The van der Waals surface area contributed by atoms with Crippen molar-refractivity contribution in [1.29, 1.82) is 0 Å². The monoisotopic (exact) mass is 235 g/mol. The highest BCUT2D eigenvalue weighted by molar-refractivity contribution is 4.96. The highest BCUT2D eigenvalue weighted by Gasteiger charge is 2.30. The first-order valence-corrected chi connectivity index (χ1v) is 7.23. The quantitative estimate of drug-likeness (QED) is 0.717. The fourth-order valence-electron chi connectivity index (χ4n) is 3.24. The molecule has 1 saturated carbocycles. The molecular formula is C16H29N. The Morgan fingerprint density at radius 3 is 2.59 bits per heavy atom. The number of rotatable bonds is 5. The summed E-state index contributed by atoms with van der Waals surface area (Å²) in [7, 11) is 2.08. The molecule has 98 valence electrons. The predicted octanol–water partition coefficient (Wildman–Crippen LogP) is 3.70. The Labute approximate surface area is 108 Å². The van der Waals surface area contributed by atoms with Crippen LogP contribution >= 0.6 is 0 Å². The molecule has 1 rings (SSSR count). The number of nitrogens with one attached hydrogen (secondary N) is 1. The Kier molecular flexibility index (Phi) is 6.66. The highest BCUT2D eigenvalue weighted by atomic mass is 14.8. The molecule has 3 unspecified atom stereocenters. The van der Waals surface area contributed by atoms with E-state index in [0.717, 1.165) is 30.1 Å². The molecule has 1 aliphatic rings. The van der Waals surface area contributed by atoms with Gasteiger partial charge in [0.25, 0.3) is 0 Å². The van der Waals surface area contributed by atoms with E-state index in [1.807, 2.05) is 6.92 Å². The summed E-state index contributed by atoms with van der Waals surface area (Å²) >= 11 is 0. The van der Waals surface area contributed by atoms with Crippen LogP contribution in [0.3, 0.4) is 0 Å². The van der Waals surface area contributed by atoms with Crippen molar-refractivity contribution in [1.82, 2.24) is 5.32 Å². The molecule has 0 aromatic carbocycles. The molecule has 3 atom stereocenters. The van der Waals surface area contributed by atoms with Crippen molar-refractivity contribution in [3.8, 4) is 11.8 Å². The van der Waals surface area contributed by atoms with E-state index in [4.69, 9.17) is 0 Å². The zero-order chi connectivity index (χ0) is 12.7. The number of hydrogen-bond donors (Lipinski definition) is 1. The van der Waals surface area contributed by atoms with Crippen LogP contribution in [-0.4, -0.2) is 13.6 Å². The van der Waals surface area contributed by atoms with Crippen LogP contribution in [0.1, 0.15) is 52.9 Å². The van der Waals surface area contributed by atoms with Gasteiger partial charge in [-0.25, -0.2) is 0 Å². The smallest absolute Gasteiger partial charge is 0.00913 e. The van der Waals surface area contributed by atoms with Crippen LogP contribution in [-0.2, 0) is 0 Å². The average Bonchev–Trinajstić information content (AvgIpc) is 2.31. The summed E-state index contributed by atoms with van der Waals surface area (Å²) in [6.07, 6.45) is 6.66. The van der Waals surface area contributed by atoms with E-state index in [2.05, 4.69) is 38.1 Å². The summed E-state index contributed by atoms with van der Waals surface area (Å²) in [6, 6.07) is 0. The first-order valence-electron chi connectivity index (χ1n) is 7.23. The van der Waals surface area contributed by atoms with Gasteiger partial charge in [0.05, 0.1) is 0 Å². The molecule has 0 bridgehead atoms. The molecule has 1 nitrogen and oxygen atoms in total. The van der Waals surface area contributed by atoms with Gasteiger partial charge in [-0.1, -0.05) is 13.8 Å². The van der Waals surface area contributed by atoms with Crippen LogP contribution in [0.15, 0.2) is 0 Å². The SMILES string of the molecule is CC#CCCC1CC(C(C)C)CCC1CNC. The summed E-state index contributed by atoms with van der Waals surface area (Å²) in [5, 5.41) is 3.37. The fourth-order valence-corrected chi connectivity index (χ4v) is 3.24. The molecule has 0 saturated heterocycles. The lowest BCUT2D eigenvalue weighted by Crippen LogP contribution is -2.33. The van der Waals surface area contributed by atoms with Crippen LogP contribution in [0, 0.1) is 35.5 Å². The van der Waals surface area contributed by atoms with Gasteiger partial charge in [0.2, 0.25) is 0 Å². The van der Waals surface area contributed by atoms with Crippen LogP contribution in [0.4, 0.5) is 0 Å². The van der Waals surface area contributed by atoms with E-state index >= 15 is 0 Å². The van der Waals surface area contributed by atoms with Crippen molar-refractivity contribution in [3.63, 3.8) is 0 Å². The molecule has 0 aliphatic heterocycles. The normalized spacial score (nSPS) is 28.9. The van der Waals surface area contributed by atoms with Crippen molar-refractivity contribution < 1.29 is 0 Å². The maximum atomic E-state index is 3.37. The lowest BCUT2D eigenvalue weighted by Gasteiger charge is -2.38. The molecule has 0 heterocycles. The Hall–Kier alpha value is -0.480. The maximum absolute atomic E-state index is 3.37. The van der Waals surface area contributed by atoms with Crippen LogP contribution in [0.2, 0.25) is 0 Å². The van der Waals surface area contributed by atoms with Gasteiger partial charge in [-0.05, 0) is 69.9 Å². The molecule has 1 fully saturated rings. The standard InChI is InChI=1S/C16H29N/c1-5-6-7-8-15-11-14(13(2)3)9-10-16(15)12-17-4/h13-17H,7-12H2,1-4H3. The minimum Gasteiger partial charge on any atom is -0.319 e. The Morgan fingerprint density at radius 2 is 2.00 bits per heavy atom. The van der Waals surface area contributed by atoms with Gasteiger partial charge in [0.15, 0.2) is 0 Å². The van der Waals surface area contributed by atoms with Crippen molar-refractivity contribution in [3.05, 3.63) is 0 Å². The third kappa shape index (κ3) is 4.72. The van der Waals surface area contributed by atoms with Gasteiger partial charge >= 0.3 is 0 Å². The van der Waals surface area contributed by atoms with E-state index in [1.54, 1.807) is 0 Å². The van der Waals surface area contributed by atoms with Gasteiger partial charge < -0.3 is 5.32 Å². The third-order valence-corrected chi connectivity index (χ3v) is 4.41. The minimum absolute atomic E-state index is 0.852. The van der Waals surface area contributed by atoms with E-state index in [9.17, 15) is 0 Å².